The topological polar surface area (TPSA) is 93.1 Å². The van der Waals surface area contributed by atoms with E-state index in [1.165, 1.54) is 17.0 Å². The van der Waals surface area contributed by atoms with Crippen LogP contribution in [0.1, 0.15) is 21.5 Å². The summed E-state index contributed by atoms with van der Waals surface area (Å²) in [6.45, 7) is 4.74. The van der Waals surface area contributed by atoms with Crippen molar-refractivity contribution in [2.75, 3.05) is 11.9 Å². The molecule has 2 aromatic carbocycles. The Balaban J connectivity index is 1.89. The van der Waals surface area contributed by atoms with Crippen molar-refractivity contribution in [3.8, 4) is 0 Å². The maximum Gasteiger partial charge on any atom is 0.256 e. The second-order valence-corrected chi connectivity index (χ2v) is 8.54. The Bertz CT molecular complexity index is 1290. The summed E-state index contributed by atoms with van der Waals surface area (Å²) < 4.78 is 69.5. The highest BCUT2D eigenvalue weighted by Crippen LogP contribution is 2.21. The van der Waals surface area contributed by atoms with E-state index in [-0.39, 0.29) is 30.0 Å². The van der Waals surface area contributed by atoms with Crippen molar-refractivity contribution in [3.05, 3.63) is 89.4 Å². The molecule has 3 rings (SSSR count). The number of hydrogen-bond acceptors (Lipinski definition) is 4. The van der Waals surface area contributed by atoms with Crippen LogP contribution in [0.5, 0.6) is 0 Å². The molecule has 0 aliphatic rings. The van der Waals surface area contributed by atoms with Crippen molar-refractivity contribution in [2.45, 2.75) is 18.4 Å². The molecule has 0 bridgehead atoms. The van der Waals surface area contributed by atoms with E-state index in [1.807, 2.05) is 0 Å². The monoisotopic (exact) mass is 464 g/mol. The number of anilines is 1. The summed E-state index contributed by atoms with van der Waals surface area (Å²) in [5.74, 6) is -2.84. The van der Waals surface area contributed by atoms with Gasteiger partial charge >= 0.3 is 0 Å². The number of hydrogen-bond donors (Lipinski definition) is 2. The number of carbonyl (C=O) groups is 1. The minimum absolute atomic E-state index is 0.0204. The number of rotatable bonds is 8. The van der Waals surface area contributed by atoms with Gasteiger partial charge in [0, 0.05) is 23.2 Å². The largest absolute Gasteiger partial charge is 0.307 e. The summed E-state index contributed by atoms with van der Waals surface area (Å²) in [6, 6.07) is 5.88. The average molecular weight is 464 g/mol. The van der Waals surface area contributed by atoms with Gasteiger partial charge in [-0.25, -0.2) is 31.0 Å². The number of aryl methyl sites for hydroxylation is 1. The Kier molecular flexibility index (Phi) is 6.80. The molecule has 11 heteroatoms. The zero-order valence-electron chi connectivity index (χ0n) is 16.9. The Morgan fingerprint density at radius 1 is 1.16 bits per heavy atom. The standard InChI is InChI=1S/C21H19F3N4O3S/c1-3-8-26-32(30,31)19-10-14(4-6-18(19)24)21(29)27-20-13(2)11-25-28(20)12-15-9-16(22)5-7-17(15)23/h3-7,9-11,26H,1,8,12H2,2H3,(H,27,29). The third-order valence-electron chi connectivity index (χ3n) is 4.48. The maximum atomic E-state index is 14.1. The fraction of sp³-hybridized carbons (Fsp3) is 0.143. The van der Waals surface area contributed by atoms with Gasteiger partial charge in [0.15, 0.2) is 0 Å². The van der Waals surface area contributed by atoms with Crippen LogP contribution in [0.25, 0.3) is 0 Å². The van der Waals surface area contributed by atoms with E-state index in [4.69, 9.17) is 0 Å². The molecule has 0 aliphatic carbocycles. The van der Waals surface area contributed by atoms with Crippen LogP contribution in [0.15, 0.2) is 60.1 Å². The summed E-state index contributed by atoms with van der Waals surface area (Å²) in [7, 11) is -4.21. The van der Waals surface area contributed by atoms with Gasteiger partial charge in [-0.3, -0.25) is 4.79 Å². The molecular formula is C21H19F3N4O3S. The minimum Gasteiger partial charge on any atom is -0.307 e. The molecule has 168 valence electrons. The van der Waals surface area contributed by atoms with Crippen molar-refractivity contribution in [3.63, 3.8) is 0 Å². The summed E-state index contributed by atoms with van der Waals surface area (Å²) in [4.78, 5) is 12.1. The average Bonchev–Trinajstić information content (AvgIpc) is 3.08. The molecule has 0 unspecified atom stereocenters. The van der Waals surface area contributed by atoms with Crippen LogP contribution < -0.4 is 10.0 Å². The van der Waals surface area contributed by atoms with E-state index in [2.05, 4.69) is 21.7 Å². The number of amides is 1. The van der Waals surface area contributed by atoms with Crippen LogP contribution in [0.4, 0.5) is 19.0 Å². The number of nitrogens with one attached hydrogen (secondary N) is 2. The smallest absolute Gasteiger partial charge is 0.256 e. The first-order valence-electron chi connectivity index (χ1n) is 9.30. The van der Waals surface area contributed by atoms with Crippen LogP contribution in [0.2, 0.25) is 0 Å². The van der Waals surface area contributed by atoms with Gasteiger partial charge in [0.2, 0.25) is 10.0 Å². The van der Waals surface area contributed by atoms with Gasteiger partial charge in [-0.15, -0.1) is 6.58 Å². The minimum atomic E-state index is -4.21. The van der Waals surface area contributed by atoms with Gasteiger partial charge in [0.1, 0.15) is 28.2 Å². The van der Waals surface area contributed by atoms with E-state index in [9.17, 15) is 26.4 Å². The Labute approximate surface area is 182 Å². The molecule has 0 radical (unpaired) electrons. The molecule has 7 nitrogen and oxygen atoms in total. The highest BCUT2D eigenvalue weighted by Gasteiger charge is 2.22. The molecule has 1 aromatic heterocycles. The van der Waals surface area contributed by atoms with E-state index in [1.54, 1.807) is 6.92 Å². The van der Waals surface area contributed by atoms with E-state index < -0.39 is 38.3 Å². The zero-order valence-corrected chi connectivity index (χ0v) is 17.7. The third kappa shape index (κ3) is 5.06. The molecule has 0 saturated carbocycles. The van der Waals surface area contributed by atoms with Crippen molar-refractivity contribution in [1.82, 2.24) is 14.5 Å². The predicted molar refractivity (Wildman–Crippen MR) is 112 cm³/mol. The normalized spacial score (nSPS) is 11.4. The second-order valence-electron chi connectivity index (χ2n) is 6.81. The first-order valence-corrected chi connectivity index (χ1v) is 10.8. The first-order chi connectivity index (χ1) is 15.1. The predicted octanol–water partition coefficient (Wildman–Crippen LogP) is 3.37. The number of aromatic nitrogens is 2. The Morgan fingerprint density at radius 3 is 2.59 bits per heavy atom. The van der Waals surface area contributed by atoms with Crippen molar-refractivity contribution in [1.29, 1.82) is 0 Å². The fourth-order valence-electron chi connectivity index (χ4n) is 2.86. The molecule has 3 aromatic rings. The van der Waals surface area contributed by atoms with Crippen LogP contribution in [0, 0.1) is 24.4 Å². The van der Waals surface area contributed by atoms with Gasteiger partial charge in [-0.1, -0.05) is 6.08 Å². The molecule has 32 heavy (non-hydrogen) atoms. The number of benzene rings is 2. The Hall–Kier alpha value is -3.44. The third-order valence-corrected chi connectivity index (χ3v) is 5.92. The highest BCUT2D eigenvalue weighted by molar-refractivity contribution is 7.89. The molecular weight excluding hydrogens is 445 g/mol. The van der Waals surface area contributed by atoms with Crippen LogP contribution in [0.3, 0.4) is 0 Å². The molecule has 0 atom stereocenters. The van der Waals surface area contributed by atoms with Gasteiger partial charge < -0.3 is 5.32 Å². The van der Waals surface area contributed by atoms with Crippen molar-refractivity contribution >= 4 is 21.7 Å². The van der Waals surface area contributed by atoms with Crippen molar-refractivity contribution in [2.24, 2.45) is 0 Å². The molecule has 0 spiro atoms. The molecule has 0 saturated heterocycles. The van der Waals surface area contributed by atoms with Gasteiger partial charge in [0.25, 0.3) is 5.91 Å². The lowest BCUT2D eigenvalue weighted by Crippen LogP contribution is -2.25. The fourth-order valence-corrected chi connectivity index (χ4v) is 3.96. The molecule has 2 N–H and O–H groups in total. The quantitative estimate of drug-likeness (QED) is 0.500. The van der Waals surface area contributed by atoms with Crippen LogP contribution >= 0.6 is 0 Å². The summed E-state index contributed by atoms with van der Waals surface area (Å²) >= 11 is 0. The summed E-state index contributed by atoms with van der Waals surface area (Å²) in [5, 5.41) is 6.63. The number of halogens is 3. The Morgan fingerprint density at radius 2 is 1.88 bits per heavy atom. The maximum absolute atomic E-state index is 14.1. The summed E-state index contributed by atoms with van der Waals surface area (Å²) in [6.07, 6.45) is 2.71. The van der Waals surface area contributed by atoms with E-state index in [0.717, 1.165) is 36.4 Å². The van der Waals surface area contributed by atoms with Gasteiger partial charge in [0.05, 0.1) is 12.7 Å². The van der Waals surface area contributed by atoms with Gasteiger partial charge in [-0.2, -0.15) is 5.10 Å². The van der Waals surface area contributed by atoms with E-state index in [0.29, 0.717) is 5.56 Å². The van der Waals surface area contributed by atoms with Crippen LogP contribution in [-0.4, -0.2) is 30.7 Å². The SMILES string of the molecule is C=CCNS(=O)(=O)c1cc(C(=O)Nc2c(C)cnn2Cc2cc(F)ccc2F)ccc1F. The zero-order chi connectivity index (χ0) is 23.5. The van der Waals surface area contributed by atoms with Crippen molar-refractivity contribution < 1.29 is 26.4 Å². The second kappa shape index (κ2) is 9.37. The number of nitrogens with zero attached hydrogens (tertiary/aromatic N) is 2. The summed E-state index contributed by atoms with van der Waals surface area (Å²) in [5.41, 5.74) is 0.416. The number of carbonyl (C=O) groups excluding carboxylic acids is 1. The molecule has 0 fully saturated rings. The lowest BCUT2D eigenvalue weighted by atomic mass is 10.2. The highest BCUT2D eigenvalue weighted by atomic mass is 32.2. The first kappa shape index (κ1) is 23.2. The molecule has 1 heterocycles. The number of sulfonamides is 1. The van der Waals surface area contributed by atoms with Gasteiger partial charge in [-0.05, 0) is 43.3 Å². The molecule has 0 aliphatic heterocycles. The van der Waals surface area contributed by atoms with E-state index >= 15 is 0 Å². The van der Waals surface area contributed by atoms with Crippen LogP contribution in [-0.2, 0) is 16.6 Å². The molecule has 1 amide bonds. The lowest BCUT2D eigenvalue weighted by Gasteiger charge is -2.12. The lowest BCUT2D eigenvalue weighted by molar-refractivity contribution is 0.102.